The number of halogens is 2. The molecule has 2 rings (SSSR count). The first kappa shape index (κ1) is 11.0. The molecule has 0 N–H and O–H groups in total. The second kappa shape index (κ2) is 4.60. The Labute approximate surface area is 92.9 Å². The van der Waals surface area contributed by atoms with Crippen molar-refractivity contribution in [3.05, 3.63) is 35.4 Å². The van der Waals surface area contributed by atoms with Gasteiger partial charge in [0, 0.05) is 18.5 Å². The third-order valence-corrected chi connectivity index (χ3v) is 2.83. The smallest absolute Gasteiger partial charge is 0.222 e. The number of benzene rings is 1. The van der Waals surface area contributed by atoms with Crippen LogP contribution in [0.15, 0.2) is 18.2 Å². The van der Waals surface area contributed by atoms with E-state index in [0.717, 1.165) is 12.8 Å². The van der Waals surface area contributed by atoms with Gasteiger partial charge in [0.15, 0.2) is 0 Å². The van der Waals surface area contributed by atoms with Gasteiger partial charge in [-0.25, -0.2) is 8.78 Å². The van der Waals surface area contributed by atoms with Gasteiger partial charge in [-0.05, 0) is 25.0 Å². The highest BCUT2D eigenvalue weighted by Crippen LogP contribution is 2.18. The van der Waals surface area contributed by atoms with E-state index in [1.54, 1.807) is 0 Å². The summed E-state index contributed by atoms with van der Waals surface area (Å²) in [5.41, 5.74) is -0.0160. The summed E-state index contributed by atoms with van der Waals surface area (Å²) < 4.78 is 26.7. The van der Waals surface area contributed by atoms with Crippen molar-refractivity contribution < 1.29 is 13.6 Å². The van der Waals surface area contributed by atoms with Crippen LogP contribution in [0.3, 0.4) is 0 Å². The zero-order chi connectivity index (χ0) is 11.5. The standard InChI is InChI=1S/C12H13F2NO/c13-10-4-3-5-11(14)9(10)8-15-7-2-1-6-12(15)16/h3-5H,1-2,6-8H2. The van der Waals surface area contributed by atoms with Crippen LogP contribution in [0.5, 0.6) is 0 Å². The molecule has 1 aliphatic heterocycles. The van der Waals surface area contributed by atoms with Crippen LogP contribution in [-0.2, 0) is 11.3 Å². The first-order chi connectivity index (χ1) is 7.68. The Morgan fingerprint density at radius 1 is 1.19 bits per heavy atom. The number of carbonyl (C=O) groups is 1. The zero-order valence-corrected chi connectivity index (χ0v) is 8.88. The molecule has 0 spiro atoms. The minimum Gasteiger partial charge on any atom is -0.338 e. The van der Waals surface area contributed by atoms with Gasteiger partial charge in [0.1, 0.15) is 11.6 Å². The number of carbonyl (C=O) groups excluding carboxylic acids is 1. The van der Waals surface area contributed by atoms with Gasteiger partial charge in [-0.1, -0.05) is 6.07 Å². The molecule has 0 saturated carbocycles. The summed E-state index contributed by atoms with van der Waals surface area (Å²) in [6.07, 6.45) is 2.26. The molecule has 86 valence electrons. The van der Waals surface area contributed by atoms with Crippen molar-refractivity contribution in [3.8, 4) is 0 Å². The molecule has 2 nitrogen and oxygen atoms in total. The fourth-order valence-electron chi connectivity index (χ4n) is 1.90. The molecule has 1 aliphatic rings. The molecule has 1 heterocycles. The van der Waals surface area contributed by atoms with Crippen molar-refractivity contribution in [1.29, 1.82) is 0 Å². The predicted molar refractivity (Wildman–Crippen MR) is 55.6 cm³/mol. The van der Waals surface area contributed by atoms with E-state index in [9.17, 15) is 13.6 Å². The van der Waals surface area contributed by atoms with Gasteiger partial charge in [-0.3, -0.25) is 4.79 Å². The number of hydrogen-bond acceptors (Lipinski definition) is 1. The molecule has 1 aromatic carbocycles. The highest BCUT2D eigenvalue weighted by atomic mass is 19.1. The fraction of sp³-hybridized carbons (Fsp3) is 0.417. The van der Waals surface area contributed by atoms with Crippen molar-refractivity contribution in [1.82, 2.24) is 4.90 Å². The lowest BCUT2D eigenvalue weighted by Gasteiger charge is -2.26. The molecular weight excluding hydrogens is 212 g/mol. The van der Waals surface area contributed by atoms with Gasteiger partial charge in [0.2, 0.25) is 5.91 Å². The van der Waals surface area contributed by atoms with Gasteiger partial charge >= 0.3 is 0 Å². The maximum atomic E-state index is 13.4. The molecule has 0 bridgehead atoms. The number of hydrogen-bond donors (Lipinski definition) is 0. The number of nitrogens with zero attached hydrogens (tertiary/aromatic N) is 1. The normalized spacial score (nSPS) is 16.6. The average molecular weight is 225 g/mol. The molecule has 4 heteroatoms. The third-order valence-electron chi connectivity index (χ3n) is 2.83. The van der Waals surface area contributed by atoms with E-state index in [-0.39, 0.29) is 18.0 Å². The van der Waals surface area contributed by atoms with Crippen molar-refractivity contribution >= 4 is 5.91 Å². The maximum absolute atomic E-state index is 13.4. The van der Waals surface area contributed by atoms with Gasteiger partial charge in [0.25, 0.3) is 0 Å². The summed E-state index contributed by atoms with van der Waals surface area (Å²) in [5, 5.41) is 0. The number of likely N-dealkylation sites (tertiary alicyclic amines) is 1. The van der Waals surface area contributed by atoms with Gasteiger partial charge in [-0.2, -0.15) is 0 Å². The van der Waals surface area contributed by atoms with Crippen LogP contribution in [0.1, 0.15) is 24.8 Å². The highest BCUT2D eigenvalue weighted by Gasteiger charge is 2.20. The van der Waals surface area contributed by atoms with Crippen LogP contribution in [0, 0.1) is 11.6 Å². The van der Waals surface area contributed by atoms with Gasteiger partial charge in [0.05, 0.1) is 6.54 Å². The predicted octanol–water partition coefficient (Wildman–Crippen LogP) is 2.48. The van der Waals surface area contributed by atoms with Crippen LogP contribution in [0.2, 0.25) is 0 Å². The van der Waals surface area contributed by atoms with Crippen LogP contribution < -0.4 is 0 Å². The molecule has 0 aromatic heterocycles. The van der Waals surface area contributed by atoms with Crippen molar-refractivity contribution in [2.75, 3.05) is 6.54 Å². The Bertz CT molecular complexity index is 386. The van der Waals surface area contributed by atoms with E-state index in [0.29, 0.717) is 13.0 Å². The van der Waals surface area contributed by atoms with Crippen LogP contribution >= 0.6 is 0 Å². The topological polar surface area (TPSA) is 20.3 Å². The van der Waals surface area contributed by atoms with E-state index in [1.807, 2.05) is 0 Å². The Hall–Kier alpha value is -1.45. The maximum Gasteiger partial charge on any atom is 0.222 e. The number of piperidine rings is 1. The third kappa shape index (κ3) is 2.21. The van der Waals surface area contributed by atoms with Gasteiger partial charge in [-0.15, -0.1) is 0 Å². The molecule has 1 saturated heterocycles. The molecule has 1 fully saturated rings. The van der Waals surface area contributed by atoms with E-state index < -0.39 is 11.6 Å². The number of amides is 1. The second-order valence-corrected chi connectivity index (χ2v) is 3.97. The molecule has 0 radical (unpaired) electrons. The van der Waals surface area contributed by atoms with E-state index in [1.165, 1.54) is 23.1 Å². The summed E-state index contributed by atoms with van der Waals surface area (Å²) in [4.78, 5) is 13.0. The summed E-state index contributed by atoms with van der Waals surface area (Å²) >= 11 is 0. The minimum absolute atomic E-state index is 0.0160. The number of rotatable bonds is 2. The largest absolute Gasteiger partial charge is 0.338 e. The van der Waals surface area contributed by atoms with E-state index >= 15 is 0 Å². The summed E-state index contributed by atoms with van der Waals surface area (Å²) in [6.45, 7) is 0.629. The first-order valence-electron chi connectivity index (χ1n) is 5.39. The highest BCUT2D eigenvalue weighted by molar-refractivity contribution is 5.76. The second-order valence-electron chi connectivity index (χ2n) is 3.97. The first-order valence-corrected chi connectivity index (χ1v) is 5.39. The summed E-state index contributed by atoms with van der Waals surface area (Å²) in [5.74, 6) is -1.19. The quantitative estimate of drug-likeness (QED) is 0.757. The Kier molecular flexibility index (Phi) is 3.17. The summed E-state index contributed by atoms with van der Waals surface area (Å²) in [6, 6.07) is 3.76. The van der Waals surface area contributed by atoms with Crippen molar-refractivity contribution in [2.45, 2.75) is 25.8 Å². The zero-order valence-electron chi connectivity index (χ0n) is 8.88. The Balaban J connectivity index is 2.16. The molecule has 0 aliphatic carbocycles. The fourth-order valence-corrected chi connectivity index (χ4v) is 1.90. The SMILES string of the molecule is O=C1CCCCN1Cc1c(F)cccc1F. The molecule has 0 unspecified atom stereocenters. The lowest BCUT2D eigenvalue weighted by Crippen LogP contribution is -2.35. The van der Waals surface area contributed by atoms with Crippen molar-refractivity contribution in [3.63, 3.8) is 0 Å². The average Bonchev–Trinajstić information content (AvgIpc) is 2.26. The molecule has 1 aromatic rings. The molecule has 0 atom stereocenters. The van der Waals surface area contributed by atoms with Crippen LogP contribution in [0.4, 0.5) is 8.78 Å². The summed E-state index contributed by atoms with van der Waals surface area (Å²) in [7, 11) is 0. The minimum atomic E-state index is -0.585. The van der Waals surface area contributed by atoms with E-state index in [4.69, 9.17) is 0 Å². The Morgan fingerprint density at radius 2 is 1.88 bits per heavy atom. The van der Waals surface area contributed by atoms with Crippen molar-refractivity contribution in [2.24, 2.45) is 0 Å². The Morgan fingerprint density at radius 3 is 2.50 bits per heavy atom. The molecule has 1 amide bonds. The van der Waals surface area contributed by atoms with E-state index in [2.05, 4.69) is 0 Å². The van der Waals surface area contributed by atoms with Crippen LogP contribution in [0.25, 0.3) is 0 Å². The van der Waals surface area contributed by atoms with Gasteiger partial charge < -0.3 is 4.90 Å². The lowest BCUT2D eigenvalue weighted by atomic mass is 10.1. The monoisotopic (exact) mass is 225 g/mol. The molecule has 16 heavy (non-hydrogen) atoms. The lowest BCUT2D eigenvalue weighted by molar-refractivity contribution is -0.133. The molecular formula is C12H13F2NO. The van der Waals surface area contributed by atoms with Crippen LogP contribution in [-0.4, -0.2) is 17.4 Å².